The fourth-order valence-corrected chi connectivity index (χ4v) is 3.96. The van der Waals surface area contributed by atoms with Gasteiger partial charge in [0.15, 0.2) is 0 Å². The zero-order chi connectivity index (χ0) is 21.2. The van der Waals surface area contributed by atoms with Gasteiger partial charge in [0, 0.05) is 21.9 Å². The summed E-state index contributed by atoms with van der Waals surface area (Å²) < 4.78 is 59.2. The highest BCUT2D eigenvalue weighted by atomic mass is 79.9. The van der Waals surface area contributed by atoms with E-state index >= 15 is 0 Å². The zero-order valence-electron chi connectivity index (χ0n) is 14.8. The first-order chi connectivity index (χ1) is 13.5. The Morgan fingerprint density at radius 1 is 1.14 bits per heavy atom. The topological polar surface area (TPSA) is 85.4 Å². The van der Waals surface area contributed by atoms with E-state index in [4.69, 9.17) is 0 Å². The first-order valence-corrected chi connectivity index (χ1v) is 10.9. The summed E-state index contributed by atoms with van der Waals surface area (Å²) in [4.78, 5) is 15.6. The molecule has 152 valence electrons. The highest BCUT2D eigenvalue weighted by molar-refractivity contribution is 9.10. The second-order valence-electron chi connectivity index (χ2n) is 6.12. The van der Waals surface area contributed by atoms with E-state index in [-0.39, 0.29) is 22.7 Å². The minimum atomic E-state index is -4.74. The van der Waals surface area contributed by atoms with Crippen LogP contribution in [0.5, 0.6) is 0 Å². The lowest BCUT2D eigenvalue weighted by molar-refractivity contribution is -0.159. The molecule has 0 saturated heterocycles. The number of hydrogen-bond acceptors (Lipinski definition) is 5. The maximum absolute atomic E-state index is 12.7. The van der Waals surface area contributed by atoms with Gasteiger partial charge in [-0.1, -0.05) is 45.4 Å². The molecule has 11 heteroatoms. The average molecular weight is 488 g/mol. The highest BCUT2D eigenvalue weighted by Gasteiger charge is 2.38. The van der Waals surface area contributed by atoms with Crippen molar-refractivity contribution in [3.63, 3.8) is 0 Å². The molecule has 0 aliphatic carbocycles. The van der Waals surface area contributed by atoms with Crippen LogP contribution in [0.3, 0.4) is 0 Å². The first kappa shape index (κ1) is 21.2. The van der Waals surface area contributed by atoms with Crippen molar-refractivity contribution < 1.29 is 26.7 Å². The molecule has 0 aliphatic rings. The minimum Gasteiger partial charge on any atom is -0.329 e. The van der Waals surface area contributed by atoms with Crippen LogP contribution >= 0.6 is 15.9 Å². The van der Waals surface area contributed by atoms with Crippen molar-refractivity contribution in [1.82, 2.24) is 10.1 Å². The predicted octanol–water partition coefficient (Wildman–Crippen LogP) is 4.96. The van der Waals surface area contributed by atoms with Gasteiger partial charge in [-0.3, -0.25) is 4.79 Å². The molecule has 0 radical (unpaired) electrons. The van der Waals surface area contributed by atoms with Crippen LogP contribution in [0.1, 0.15) is 21.8 Å². The predicted molar refractivity (Wildman–Crippen MR) is 103 cm³/mol. The van der Waals surface area contributed by atoms with E-state index in [2.05, 4.69) is 35.0 Å². The second-order valence-corrected chi connectivity index (χ2v) is 9.43. The van der Waals surface area contributed by atoms with E-state index in [0.29, 0.717) is 0 Å². The maximum Gasteiger partial charge on any atom is 0.471 e. The summed E-state index contributed by atoms with van der Waals surface area (Å²) in [6.45, 7) is 0. The highest BCUT2D eigenvalue weighted by Crippen LogP contribution is 2.29. The molecule has 1 atom stereocenters. The van der Waals surface area contributed by atoms with Gasteiger partial charge in [-0.25, -0.2) is 4.21 Å². The van der Waals surface area contributed by atoms with Gasteiger partial charge in [-0.2, -0.15) is 22.5 Å². The van der Waals surface area contributed by atoms with Gasteiger partial charge in [0.05, 0.1) is 15.5 Å². The smallest absolute Gasteiger partial charge is 0.329 e. The van der Waals surface area contributed by atoms with Gasteiger partial charge in [0.25, 0.3) is 5.91 Å². The summed E-state index contributed by atoms with van der Waals surface area (Å²) >= 11 is 3.31. The van der Waals surface area contributed by atoms with Crippen molar-refractivity contribution in [1.29, 1.82) is 0 Å². The molecule has 1 amide bonds. The van der Waals surface area contributed by atoms with Crippen LogP contribution in [0.4, 0.5) is 13.2 Å². The van der Waals surface area contributed by atoms with E-state index in [1.807, 2.05) is 0 Å². The number of hydrogen-bond donors (Lipinski definition) is 0. The molecule has 1 heterocycles. The fraction of sp³-hybridized carbons (Fsp3) is 0.167. The van der Waals surface area contributed by atoms with E-state index in [0.717, 1.165) is 10.0 Å². The van der Waals surface area contributed by atoms with E-state index in [1.165, 1.54) is 30.5 Å². The summed E-state index contributed by atoms with van der Waals surface area (Å²) in [5, 5.41) is 3.28. The Balaban J connectivity index is 1.77. The lowest BCUT2D eigenvalue weighted by Gasteiger charge is -2.05. The van der Waals surface area contributed by atoms with Crippen molar-refractivity contribution in [3.05, 3.63) is 70.0 Å². The van der Waals surface area contributed by atoms with Gasteiger partial charge < -0.3 is 4.52 Å². The molecule has 0 saturated carbocycles. The number of aromatic nitrogens is 2. The molecule has 3 rings (SSSR count). The lowest BCUT2D eigenvalue weighted by Crippen LogP contribution is -2.06. The Kier molecular flexibility index (Phi) is 5.90. The molecule has 29 heavy (non-hydrogen) atoms. The number of carbonyl (C=O) groups excluding carboxylic acids is 1. The van der Waals surface area contributed by atoms with Crippen LogP contribution in [-0.4, -0.2) is 26.5 Å². The molecule has 2 aromatic carbocycles. The van der Waals surface area contributed by atoms with Crippen LogP contribution in [0.25, 0.3) is 11.4 Å². The summed E-state index contributed by atoms with van der Waals surface area (Å²) in [6, 6.07) is 12.6. The van der Waals surface area contributed by atoms with Crippen molar-refractivity contribution in [3.8, 4) is 11.4 Å². The molecule has 0 aliphatic heterocycles. The molecule has 0 fully saturated rings. The molecule has 1 aromatic heterocycles. The Hall–Kier alpha value is -2.53. The van der Waals surface area contributed by atoms with Gasteiger partial charge in [0.2, 0.25) is 5.82 Å². The largest absolute Gasteiger partial charge is 0.471 e. The third-order valence-electron chi connectivity index (χ3n) is 3.68. The second kappa shape index (κ2) is 8.07. The first-order valence-electron chi connectivity index (χ1n) is 8.03. The molecular formula is C18H13BrF3N3O3S. The van der Waals surface area contributed by atoms with Crippen LogP contribution in [0, 0.1) is 0 Å². The summed E-state index contributed by atoms with van der Waals surface area (Å²) in [7, 11) is -2.82. The van der Waals surface area contributed by atoms with Crippen molar-refractivity contribution in [2.75, 3.05) is 6.26 Å². The molecule has 0 N–H and O–H groups in total. The third kappa shape index (κ3) is 5.51. The Morgan fingerprint density at radius 3 is 2.31 bits per heavy atom. The number of nitrogens with zero attached hydrogens (tertiary/aromatic N) is 3. The van der Waals surface area contributed by atoms with E-state index in [1.54, 1.807) is 24.3 Å². The standard InChI is InChI=1S/C18H13BrF3N3O3S/c1-29(27,10-11-2-8-14(19)9-3-11)25-16(26)13-6-4-12(5-7-13)15-23-17(28-24-15)18(20,21)22/h2-9H,10H2,1H3. The van der Waals surface area contributed by atoms with Crippen molar-refractivity contribution in [2.24, 2.45) is 4.36 Å². The van der Waals surface area contributed by atoms with Crippen LogP contribution in [0.15, 0.2) is 61.9 Å². The van der Waals surface area contributed by atoms with Gasteiger partial charge in [-0.15, -0.1) is 0 Å². The lowest BCUT2D eigenvalue weighted by atomic mass is 10.1. The Morgan fingerprint density at radius 2 is 1.76 bits per heavy atom. The molecule has 1 unspecified atom stereocenters. The monoisotopic (exact) mass is 487 g/mol. The molecule has 6 nitrogen and oxygen atoms in total. The van der Waals surface area contributed by atoms with E-state index < -0.39 is 27.7 Å². The van der Waals surface area contributed by atoms with E-state index in [9.17, 15) is 22.2 Å². The van der Waals surface area contributed by atoms with Gasteiger partial charge >= 0.3 is 12.1 Å². The van der Waals surface area contributed by atoms with Crippen LogP contribution in [-0.2, 0) is 21.7 Å². The SMILES string of the molecule is CS(=O)(Cc1ccc(Br)cc1)=NC(=O)c1ccc(-c2noc(C(F)(F)F)n2)cc1. The average Bonchev–Trinajstić information content (AvgIpc) is 3.14. The molecule has 3 aromatic rings. The number of alkyl halides is 3. The van der Waals surface area contributed by atoms with Gasteiger partial charge in [-0.05, 0) is 29.8 Å². The van der Waals surface area contributed by atoms with Crippen molar-refractivity contribution >= 4 is 31.6 Å². The van der Waals surface area contributed by atoms with Crippen molar-refractivity contribution in [2.45, 2.75) is 11.9 Å². The summed E-state index contributed by atoms with van der Waals surface area (Å²) in [5.74, 6) is -2.30. The number of benzene rings is 2. The third-order valence-corrected chi connectivity index (χ3v) is 5.63. The van der Waals surface area contributed by atoms with Crippen LogP contribution in [0.2, 0.25) is 0 Å². The summed E-state index contributed by atoms with van der Waals surface area (Å²) in [5.41, 5.74) is 1.14. The molecule has 0 bridgehead atoms. The molecular weight excluding hydrogens is 475 g/mol. The summed E-state index contributed by atoms with van der Waals surface area (Å²) in [6.07, 6.45) is -3.35. The number of amides is 1. The van der Waals surface area contributed by atoms with Crippen LogP contribution < -0.4 is 0 Å². The minimum absolute atomic E-state index is 0.104. The maximum atomic E-state index is 12.7. The Labute approximate surface area is 172 Å². The normalized spacial score (nSPS) is 13.7. The Bertz CT molecular complexity index is 1150. The van der Waals surface area contributed by atoms with Gasteiger partial charge in [0.1, 0.15) is 0 Å². The number of rotatable bonds is 4. The molecule has 0 spiro atoms. The quantitative estimate of drug-likeness (QED) is 0.519. The number of halogens is 4. The fourth-order valence-electron chi connectivity index (χ4n) is 2.37. The zero-order valence-corrected chi connectivity index (χ0v) is 17.2. The number of carbonyl (C=O) groups is 1.